The Labute approximate surface area is 125 Å². The highest BCUT2D eigenvalue weighted by Crippen LogP contribution is 2.27. The summed E-state index contributed by atoms with van der Waals surface area (Å²) < 4.78 is 0. The highest BCUT2D eigenvalue weighted by molar-refractivity contribution is 6.02. The third kappa shape index (κ3) is 2.68. The Morgan fingerprint density at radius 3 is 3.05 bits per heavy atom. The average Bonchev–Trinajstić information content (AvgIpc) is 2.53. The monoisotopic (exact) mass is 289 g/mol. The highest BCUT2D eigenvalue weighted by atomic mass is 16.4. The zero-order valence-corrected chi connectivity index (χ0v) is 12.5. The molecule has 3 heterocycles. The second-order valence-electron chi connectivity index (χ2n) is 5.94. The minimum Gasteiger partial charge on any atom is -0.409 e. The van der Waals surface area contributed by atoms with E-state index < -0.39 is 0 Å². The highest BCUT2D eigenvalue weighted by Gasteiger charge is 2.30. The predicted molar refractivity (Wildman–Crippen MR) is 82.9 cm³/mol. The first kappa shape index (κ1) is 14.1. The van der Waals surface area contributed by atoms with E-state index in [0.717, 1.165) is 36.6 Å². The molecule has 114 valence electrons. The van der Waals surface area contributed by atoms with Crippen molar-refractivity contribution in [2.45, 2.75) is 32.2 Å². The maximum Gasteiger partial charge on any atom is 0.174 e. The first-order chi connectivity index (χ1) is 10.2. The van der Waals surface area contributed by atoms with E-state index in [4.69, 9.17) is 10.9 Å². The quantitative estimate of drug-likeness (QED) is 0.370. The number of piperidine rings is 1. The molecule has 3 rings (SSSR count). The van der Waals surface area contributed by atoms with Crippen LogP contribution in [0.25, 0.3) is 0 Å². The van der Waals surface area contributed by atoms with Crippen molar-refractivity contribution in [1.29, 1.82) is 0 Å². The van der Waals surface area contributed by atoms with Gasteiger partial charge in [0.25, 0.3) is 0 Å². The van der Waals surface area contributed by atoms with Crippen LogP contribution in [0.15, 0.2) is 17.4 Å². The van der Waals surface area contributed by atoms with Gasteiger partial charge in [0.2, 0.25) is 0 Å². The standard InChI is InChI=1S/C15H23N5O/c1-11-5-6-17-15(13(11)14(16)18-21)20-9-8-19-7-3-2-4-12(19)10-20/h5-6,12,21H,2-4,7-10H2,1H3,(H2,16,18). The summed E-state index contributed by atoms with van der Waals surface area (Å²) in [5, 5.41) is 12.2. The largest absolute Gasteiger partial charge is 0.409 e. The molecule has 6 heteroatoms. The summed E-state index contributed by atoms with van der Waals surface area (Å²) in [6.45, 7) is 6.17. The Balaban J connectivity index is 1.89. The van der Waals surface area contributed by atoms with Gasteiger partial charge in [-0.3, -0.25) is 4.90 Å². The lowest BCUT2D eigenvalue weighted by Gasteiger charge is -2.44. The molecule has 6 nitrogen and oxygen atoms in total. The Kier molecular flexibility index (Phi) is 3.96. The molecule has 2 fully saturated rings. The van der Waals surface area contributed by atoms with Crippen molar-refractivity contribution in [3.05, 3.63) is 23.4 Å². The number of rotatable bonds is 2. The van der Waals surface area contributed by atoms with Crippen LogP contribution in [-0.2, 0) is 0 Å². The van der Waals surface area contributed by atoms with Gasteiger partial charge in [-0.05, 0) is 37.9 Å². The van der Waals surface area contributed by atoms with E-state index in [1.165, 1.54) is 25.8 Å². The molecule has 0 spiro atoms. The van der Waals surface area contributed by atoms with Crippen LogP contribution in [-0.4, -0.2) is 53.1 Å². The average molecular weight is 289 g/mol. The molecule has 1 aromatic rings. The minimum absolute atomic E-state index is 0.140. The molecule has 0 aliphatic carbocycles. The summed E-state index contributed by atoms with van der Waals surface area (Å²) in [4.78, 5) is 9.37. The SMILES string of the molecule is Cc1ccnc(N2CCN3CCCCC3C2)c1/C(N)=N/O. The lowest BCUT2D eigenvalue weighted by Crippen LogP contribution is -2.55. The fraction of sp³-hybridized carbons (Fsp3) is 0.600. The van der Waals surface area contributed by atoms with Crippen molar-refractivity contribution in [1.82, 2.24) is 9.88 Å². The molecule has 2 aliphatic rings. The summed E-state index contributed by atoms with van der Waals surface area (Å²) in [5.74, 6) is 0.984. The van der Waals surface area contributed by atoms with Crippen molar-refractivity contribution < 1.29 is 5.21 Å². The number of anilines is 1. The Hall–Kier alpha value is -1.82. The Morgan fingerprint density at radius 1 is 1.38 bits per heavy atom. The summed E-state index contributed by atoms with van der Waals surface area (Å²) in [7, 11) is 0. The zero-order valence-electron chi connectivity index (χ0n) is 12.5. The molecule has 21 heavy (non-hydrogen) atoms. The van der Waals surface area contributed by atoms with Crippen LogP contribution in [0.2, 0.25) is 0 Å². The van der Waals surface area contributed by atoms with E-state index in [1.54, 1.807) is 6.20 Å². The number of hydrogen-bond acceptors (Lipinski definition) is 5. The van der Waals surface area contributed by atoms with E-state index in [1.807, 2.05) is 13.0 Å². The fourth-order valence-electron chi connectivity index (χ4n) is 3.50. The van der Waals surface area contributed by atoms with Gasteiger partial charge in [0.05, 0.1) is 5.56 Å². The summed E-state index contributed by atoms with van der Waals surface area (Å²) >= 11 is 0. The lowest BCUT2D eigenvalue weighted by molar-refractivity contribution is 0.133. The maximum atomic E-state index is 9.03. The summed E-state index contributed by atoms with van der Waals surface area (Å²) in [6.07, 6.45) is 5.67. The van der Waals surface area contributed by atoms with E-state index in [-0.39, 0.29) is 5.84 Å². The zero-order chi connectivity index (χ0) is 14.8. The molecule has 1 aromatic heterocycles. The predicted octanol–water partition coefficient (Wildman–Crippen LogP) is 1.16. The molecular formula is C15H23N5O. The normalized spacial score (nSPS) is 24.0. The first-order valence-corrected chi connectivity index (χ1v) is 7.63. The van der Waals surface area contributed by atoms with Crippen LogP contribution in [0.4, 0.5) is 5.82 Å². The van der Waals surface area contributed by atoms with Crippen LogP contribution in [0.3, 0.4) is 0 Å². The molecule has 0 amide bonds. The first-order valence-electron chi connectivity index (χ1n) is 7.63. The fourth-order valence-corrected chi connectivity index (χ4v) is 3.50. The second kappa shape index (κ2) is 5.89. The van der Waals surface area contributed by atoms with Gasteiger partial charge in [0.1, 0.15) is 5.82 Å². The third-order valence-electron chi connectivity index (χ3n) is 4.64. The molecule has 0 radical (unpaired) electrons. The number of nitrogens with two attached hydrogens (primary N) is 1. The number of fused-ring (bicyclic) bond motifs is 1. The van der Waals surface area contributed by atoms with Crippen LogP contribution in [0, 0.1) is 6.92 Å². The molecule has 1 unspecified atom stereocenters. The van der Waals surface area contributed by atoms with Crippen LogP contribution >= 0.6 is 0 Å². The van der Waals surface area contributed by atoms with E-state index >= 15 is 0 Å². The molecule has 2 aliphatic heterocycles. The lowest BCUT2D eigenvalue weighted by atomic mass is 9.99. The van der Waals surface area contributed by atoms with Gasteiger partial charge in [-0.15, -0.1) is 0 Å². The van der Waals surface area contributed by atoms with Crippen LogP contribution in [0.1, 0.15) is 30.4 Å². The minimum atomic E-state index is 0.140. The number of amidine groups is 1. The summed E-state index contributed by atoms with van der Waals surface area (Å²) in [6, 6.07) is 2.50. The van der Waals surface area contributed by atoms with Crippen molar-refractivity contribution in [2.75, 3.05) is 31.1 Å². The van der Waals surface area contributed by atoms with Crippen molar-refractivity contribution >= 4 is 11.7 Å². The smallest absolute Gasteiger partial charge is 0.174 e. The maximum absolute atomic E-state index is 9.03. The van der Waals surface area contributed by atoms with E-state index in [2.05, 4.69) is 19.9 Å². The van der Waals surface area contributed by atoms with Gasteiger partial charge in [-0.1, -0.05) is 11.6 Å². The van der Waals surface area contributed by atoms with E-state index in [9.17, 15) is 0 Å². The van der Waals surface area contributed by atoms with Crippen LogP contribution < -0.4 is 10.6 Å². The van der Waals surface area contributed by atoms with Gasteiger partial charge in [-0.25, -0.2) is 4.98 Å². The van der Waals surface area contributed by atoms with Gasteiger partial charge in [-0.2, -0.15) is 0 Å². The molecule has 0 saturated carbocycles. The number of nitrogens with zero attached hydrogens (tertiary/aromatic N) is 4. The number of piperazine rings is 1. The second-order valence-corrected chi connectivity index (χ2v) is 5.94. The van der Waals surface area contributed by atoms with E-state index in [0.29, 0.717) is 6.04 Å². The number of hydrogen-bond donors (Lipinski definition) is 2. The Bertz CT molecular complexity index is 545. The number of pyridine rings is 1. The van der Waals surface area contributed by atoms with Gasteiger partial charge in [0, 0.05) is 31.9 Å². The molecule has 1 atom stereocenters. The topological polar surface area (TPSA) is 78.0 Å². The Morgan fingerprint density at radius 2 is 2.24 bits per heavy atom. The van der Waals surface area contributed by atoms with Crippen molar-refractivity contribution in [3.63, 3.8) is 0 Å². The number of oxime groups is 1. The number of aromatic nitrogens is 1. The summed E-state index contributed by atoms with van der Waals surface area (Å²) in [5.41, 5.74) is 7.60. The van der Waals surface area contributed by atoms with Gasteiger partial charge < -0.3 is 15.8 Å². The molecule has 3 N–H and O–H groups in total. The molecule has 0 bridgehead atoms. The number of aryl methyl sites for hydroxylation is 1. The molecular weight excluding hydrogens is 266 g/mol. The van der Waals surface area contributed by atoms with Gasteiger partial charge >= 0.3 is 0 Å². The third-order valence-corrected chi connectivity index (χ3v) is 4.64. The van der Waals surface area contributed by atoms with Crippen LogP contribution in [0.5, 0.6) is 0 Å². The van der Waals surface area contributed by atoms with Crippen molar-refractivity contribution in [2.24, 2.45) is 10.9 Å². The van der Waals surface area contributed by atoms with Gasteiger partial charge in [0.15, 0.2) is 5.84 Å². The molecule has 0 aromatic carbocycles. The van der Waals surface area contributed by atoms with Crippen molar-refractivity contribution in [3.8, 4) is 0 Å². The molecule has 2 saturated heterocycles.